The molecule has 0 aromatic carbocycles. The Morgan fingerprint density at radius 1 is 1.26 bits per heavy atom. The lowest BCUT2D eigenvalue weighted by molar-refractivity contribution is 0.117. The van der Waals surface area contributed by atoms with E-state index in [4.69, 9.17) is 4.74 Å². The molecule has 1 atom stereocenters. The van der Waals surface area contributed by atoms with Crippen LogP contribution in [0.15, 0.2) is 4.99 Å². The summed E-state index contributed by atoms with van der Waals surface area (Å²) in [6.07, 6.45) is 8.22. The maximum absolute atomic E-state index is 5.58. The van der Waals surface area contributed by atoms with Gasteiger partial charge in [-0.2, -0.15) is 0 Å². The number of guanidine groups is 1. The van der Waals surface area contributed by atoms with Crippen molar-refractivity contribution in [1.82, 2.24) is 10.6 Å². The molecule has 0 bridgehead atoms. The lowest BCUT2D eigenvalue weighted by atomic mass is 10.2. The number of aliphatic imine (C=N–C) groups is 1. The van der Waals surface area contributed by atoms with Crippen molar-refractivity contribution in [3.05, 3.63) is 0 Å². The van der Waals surface area contributed by atoms with Gasteiger partial charge in [0.25, 0.3) is 0 Å². The Labute approximate surface area is 134 Å². The van der Waals surface area contributed by atoms with Gasteiger partial charge in [0.15, 0.2) is 5.96 Å². The van der Waals surface area contributed by atoms with E-state index in [2.05, 4.69) is 22.5 Å². The molecule has 0 spiro atoms. The first kappa shape index (κ1) is 17.0. The second-order valence-corrected chi connectivity index (χ2v) is 5.37. The molecule has 2 fully saturated rings. The van der Waals surface area contributed by atoms with Crippen LogP contribution in [0.4, 0.5) is 0 Å². The number of nitrogens with zero attached hydrogens (tertiary/aromatic N) is 1. The zero-order valence-corrected chi connectivity index (χ0v) is 14.3. The number of rotatable bonds is 7. The fourth-order valence-corrected chi connectivity index (χ4v) is 2.33. The third-order valence-corrected chi connectivity index (χ3v) is 3.60. The lowest BCUT2D eigenvalue weighted by Gasteiger charge is -2.12. The monoisotopic (exact) mass is 381 g/mol. The largest absolute Gasteiger partial charge is 0.376 e. The summed E-state index contributed by atoms with van der Waals surface area (Å²) in [6, 6.07) is 0. The molecule has 1 aliphatic heterocycles. The Balaban J connectivity index is 0.00000180. The van der Waals surface area contributed by atoms with Gasteiger partial charge in [0, 0.05) is 19.7 Å². The summed E-state index contributed by atoms with van der Waals surface area (Å²) in [4.78, 5) is 4.60. The molecule has 5 heteroatoms. The van der Waals surface area contributed by atoms with Gasteiger partial charge in [0.05, 0.1) is 12.6 Å². The summed E-state index contributed by atoms with van der Waals surface area (Å²) in [5.74, 6) is 1.97. The van der Waals surface area contributed by atoms with Gasteiger partial charge in [-0.3, -0.25) is 4.99 Å². The molecule has 4 nitrogen and oxygen atoms in total. The molecule has 2 rings (SSSR count). The van der Waals surface area contributed by atoms with E-state index in [0.29, 0.717) is 6.10 Å². The number of hydrogen-bond donors (Lipinski definition) is 2. The van der Waals surface area contributed by atoms with E-state index in [9.17, 15) is 0 Å². The number of nitrogens with one attached hydrogen (secondary N) is 2. The summed E-state index contributed by atoms with van der Waals surface area (Å²) in [5, 5.41) is 6.70. The first-order valence-corrected chi connectivity index (χ1v) is 7.52. The molecule has 1 aliphatic carbocycles. The second-order valence-electron chi connectivity index (χ2n) is 5.37. The highest BCUT2D eigenvalue weighted by Crippen LogP contribution is 2.33. The number of halogens is 1. The van der Waals surface area contributed by atoms with E-state index in [1.54, 1.807) is 0 Å². The van der Waals surface area contributed by atoms with E-state index in [0.717, 1.165) is 44.5 Å². The van der Waals surface area contributed by atoms with Crippen molar-refractivity contribution >= 4 is 29.9 Å². The molecule has 0 aromatic heterocycles. The predicted molar refractivity (Wildman–Crippen MR) is 90.3 cm³/mol. The van der Waals surface area contributed by atoms with Crippen LogP contribution in [-0.4, -0.2) is 38.3 Å². The van der Waals surface area contributed by atoms with Gasteiger partial charge in [-0.25, -0.2) is 0 Å². The molecule has 112 valence electrons. The average Bonchev–Trinajstić information content (AvgIpc) is 3.05. The number of ether oxygens (including phenoxy) is 1. The third kappa shape index (κ3) is 7.34. The molecule has 0 aromatic rings. The molecular formula is C14H28IN3O. The summed E-state index contributed by atoms with van der Waals surface area (Å²) < 4.78 is 5.58. The van der Waals surface area contributed by atoms with Gasteiger partial charge in [-0.05, 0) is 38.5 Å². The minimum atomic E-state index is 0. The average molecular weight is 381 g/mol. The van der Waals surface area contributed by atoms with Gasteiger partial charge < -0.3 is 15.4 Å². The molecule has 1 heterocycles. The fourth-order valence-electron chi connectivity index (χ4n) is 2.33. The molecule has 2 N–H and O–H groups in total. The maximum atomic E-state index is 5.58. The van der Waals surface area contributed by atoms with Gasteiger partial charge in [-0.15, -0.1) is 24.0 Å². The van der Waals surface area contributed by atoms with Crippen LogP contribution in [0.3, 0.4) is 0 Å². The highest BCUT2D eigenvalue weighted by atomic mass is 127. The Hall–Kier alpha value is -0.0400. The van der Waals surface area contributed by atoms with Crippen LogP contribution >= 0.6 is 24.0 Å². The first-order valence-electron chi connectivity index (χ1n) is 7.52. The molecular weight excluding hydrogens is 353 g/mol. The van der Waals surface area contributed by atoms with Crippen molar-refractivity contribution in [1.29, 1.82) is 0 Å². The molecule has 1 saturated carbocycles. The Bertz CT molecular complexity index is 263. The summed E-state index contributed by atoms with van der Waals surface area (Å²) >= 11 is 0. The molecule has 1 saturated heterocycles. The van der Waals surface area contributed by atoms with Crippen molar-refractivity contribution in [2.75, 3.05) is 26.2 Å². The van der Waals surface area contributed by atoms with Crippen LogP contribution in [0, 0.1) is 5.92 Å². The minimum Gasteiger partial charge on any atom is -0.376 e. The quantitative estimate of drug-likeness (QED) is 0.308. The van der Waals surface area contributed by atoms with Gasteiger partial charge in [0.2, 0.25) is 0 Å². The Morgan fingerprint density at radius 2 is 2.11 bits per heavy atom. The van der Waals surface area contributed by atoms with E-state index in [1.807, 2.05) is 0 Å². The van der Waals surface area contributed by atoms with E-state index in [1.165, 1.54) is 32.1 Å². The smallest absolute Gasteiger partial charge is 0.191 e. The SMILES string of the molecule is CCNC(=NCC1CCCO1)NCCCC1CC1.I. The minimum absolute atomic E-state index is 0. The van der Waals surface area contributed by atoms with Gasteiger partial charge >= 0.3 is 0 Å². The van der Waals surface area contributed by atoms with Crippen molar-refractivity contribution in [3.63, 3.8) is 0 Å². The first-order chi connectivity index (χ1) is 8.88. The summed E-state index contributed by atoms with van der Waals surface area (Å²) in [7, 11) is 0. The Kier molecular flexibility index (Phi) is 8.77. The highest BCUT2D eigenvalue weighted by molar-refractivity contribution is 14.0. The standard InChI is InChI=1S/C14H27N3O.HI/c1-2-15-14(16-9-3-5-12-7-8-12)17-11-13-6-4-10-18-13;/h12-13H,2-11H2,1H3,(H2,15,16,17);1H. The van der Waals surface area contributed by atoms with Crippen molar-refractivity contribution in [2.45, 2.75) is 51.6 Å². The molecule has 2 aliphatic rings. The summed E-state index contributed by atoms with van der Waals surface area (Å²) in [5.41, 5.74) is 0. The zero-order valence-electron chi connectivity index (χ0n) is 12.0. The lowest BCUT2D eigenvalue weighted by Crippen LogP contribution is -2.38. The highest BCUT2D eigenvalue weighted by Gasteiger charge is 2.20. The van der Waals surface area contributed by atoms with Crippen LogP contribution in [0.1, 0.15) is 45.4 Å². The van der Waals surface area contributed by atoms with Crippen molar-refractivity contribution in [3.8, 4) is 0 Å². The second kappa shape index (κ2) is 9.80. The normalized spacial score (nSPS) is 23.0. The van der Waals surface area contributed by atoms with Crippen LogP contribution < -0.4 is 10.6 Å². The van der Waals surface area contributed by atoms with Crippen molar-refractivity contribution in [2.24, 2.45) is 10.9 Å². The molecule has 19 heavy (non-hydrogen) atoms. The van der Waals surface area contributed by atoms with Gasteiger partial charge in [0.1, 0.15) is 0 Å². The van der Waals surface area contributed by atoms with Crippen LogP contribution in [0.25, 0.3) is 0 Å². The summed E-state index contributed by atoms with van der Waals surface area (Å²) in [6.45, 7) is 5.75. The van der Waals surface area contributed by atoms with Crippen LogP contribution in [0.2, 0.25) is 0 Å². The predicted octanol–water partition coefficient (Wildman–Crippen LogP) is 2.53. The molecule has 1 unspecified atom stereocenters. The maximum Gasteiger partial charge on any atom is 0.191 e. The van der Waals surface area contributed by atoms with E-state index in [-0.39, 0.29) is 24.0 Å². The van der Waals surface area contributed by atoms with Crippen LogP contribution in [0.5, 0.6) is 0 Å². The fraction of sp³-hybridized carbons (Fsp3) is 0.929. The zero-order chi connectivity index (χ0) is 12.6. The topological polar surface area (TPSA) is 45.7 Å². The Morgan fingerprint density at radius 3 is 2.74 bits per heavy atom. The molecule has 0 amide bonds. The third-order valence-electron chi connectivity index (χ3n) is 3.60. The number of hydrogen-bond acceptors (Lipinski definition) is 2. The van der Waals surface area contributed by atoms with E-state index < -0.39 is 0 Å². The van der Waals surface area contributed by atoms with E-state index >= 15 is 0 Å². The molecule has 0 radical (unpaired) electrons. The van der Waals surface area contributed by atoms with Gasteiger partial charge in [-0.1, -0.05) is 12.8 Å². The van der Waals surface area contributed by atoms with Crippen LogP contribution in [-0.2, 0) is 4.74 Å². The van der Waals surface area contributed by atoms with Crippen molar-refractivity contribution < 1.29 is 4.74 Å².